The van der Waals surface area contributed by atoms with E-state index in [1.165, 1.54) is 11.1 Å². The molecular formula is C15H25ClN2O2. The summed E-state index contributed by atoms with van der Waals surface area (Å²) in [6.07, 6.45) is 0.378. The molecule has 0 saturated carbocycles. The topological polar surface area (TPSA) is 50.4 Å². The van der Waals surface area contributed by atoms with Gasteiger partial charge in [-0.15, -0.1) is 12.4 Å². The van der Waals surface area contributed by atoms with Crippen LogP contribution in [0.4, 0.5) is 0 Å². The number of hydrogen-bond acceptors (Lipinski definition) is 3. The van der Waals surface area contributed by atoms with Crippen LogP contribution in [0.1, 0.15) is 24.5 Å². The molecule has 1 amide bonds. The van der Waals surface area contributed by atoms with Gasteiger partial charge in [-0.25, -0.2) is 0 Å². The Kier molecular flexibility index (Phi) is 9.01. The van der Waals surface area contributed by atoms with Crippen LogP contribution in [0.2, 0.25) is 0 Å². The number of amides is 1. The third kappa shape index (κ3) is 6.78. The first-order chi connectivity index (χ1) is 9.02. The summed E-state index contributed by atoms with van der Waals surface area (Å²) in [4.78, 5) is 11.6. The van der Waals surface area contributed by atoms with Crippen LogP contribution in [0, 0.1) is 13.8 Å². The van der Waals surface area contributed by atoms with Crippen LogP contribution in [0.3, 0.4) is 0 Å². The van der Waals surface area contributed by atoms with Crippen LogP contribution in [-0.4, -0.2) is 32.1 Å². The van der Waals surface area contributed by atoms with E-state index in [2.05, 4.69) is 17.6 Å². The average molecular weight is 301 g/mol. The first-order valence-electron chi connectivity index (χ1n) is 6.67. The third-order valence-electron chi connectivity index (χ3n) is 3.17. The Labute approximate surface area is 127 Å². The van der Waals surface area contributed by atoms with Crippen molar-refractivity contribution in [3.63, 3.8) is 0 Å². The summed E-state index contributed by atoms with van der Waals surface area (Å²) in [5.41, 5.74) is 2.44. The predicted molar refractivity (Wildman–Crippen MR) is 84.8 cm³/mol. The Morgan fingerprint density at radius 2 is 2.00 bits per heavy atom. The van der Waals surface area contributed by atoms with E-state index in [1.54, 1.807) is 0 Å². The van der Waals surface area contributed by atoms with E-state index < -0.39 is 0 Å². The highest BCUT2D eigenvalue weighted by Gasteiger charge is 2.04. The summed E-state index contributed by atoms with van der Waals surface area (Å²) in [7, 11) is 1.87. The van der Waals surface area contributed by atoms with Crippen LogP contribution in [0.25, 0.3) is 0 Å². The van der Waals surface area contributed by atoms with Gasteiger partial charge in [-0.2, -0.15) is 0 Å². The number of benzene rings is 1. The summed E-state index contributed by atoms with van der Waals surface area (Å²) >= 11 is 0. The lowest BCUT2D eigenvalue weighted by Crippen LogP contribution is -2.37. The molecule has 0 aliphatic carbocycles. The summed E-state index contributed by atoms with van der Waals surface area (Å²) in [5.74, 6) is 0.838. The molecule has 1 aromatic carbocycles. The minimum absolute atomic E-state index is 0. The fourth-order valence-electron chi connectivity index (χ4n) is 1.52. The molecule has 0 heterocycles. The molecule has 0 radical (unpaired) electrons. The van der Waals surface area contributed by atoms with Crippen LogP contribution in [0.5, 0.6) is 5.75 Å². The average Bonchev–Trinajstić information content (AvgIpc) is 2.40. The van der Waals surface area contributed by atoms with Gasteiger partial charge >= 0.3 is 0 Å². The van der Waals surface area contributed by atoms with Gasteiger partial charge in [0.05, 0.1) is 13.0 Å². The van der Waals surface area contributed by atoms with E-state index in [4.69, 9.17) is 4.74 Å². The minimum Gasteiger partial charge on any atom is -0.493 e. The Morgan fingerprint density at radius 1 is 1.30 bits per heavy atom. The smallest absolute Gasteiger partial charge is 0.223 e. The molecule has 4 nitrogen and oxygen atoms in total. The number of halogens is 1. The Bertz CT molecular complexity index is 424. The maximum atomic E-state index is 11.6. The van der Waals surface area contributed by atoms with Gasteiger partial charge in [0.1, 0.15) is 5.75 Å². The second kappa shape index (κ2) is 9.61. The van der Waals surface area contributed by atoms with Gasteiger partial charge in [0.15, 0.2) is 0 Å². The zero-order valence-corrected chi connectivity index (χ0v) is 13.5. The lowest BCUT2D eigenvalue weighted by Gasteiger charge is -2.12. The zero-order chi connectivity index (χ0) is 14.3. The molecule has 1 aromatic rings. The van der Waals surface area contributed by atoms with Crippen molar-refractivity contribution < 1.29 is 9.53 Å². The van der Waals surface area contributed by atoms with Crippen molar-refractivity contribution in [2.24, 2.45) is 0 Å². The van der Waals surface area contributed by atoms with E-state index >= 15 is 0 Å². The largest absolute Gasteiger partial charge is 0.493 e. The Morgan fingerprint density at radius 3 is 2.60 bits per heavy atom. The molecule has 0 spiro atoms. The number of hydrogen-bond donors (Lipinski definition) is 2. The molecule has 1 rings (SSSR count). The van der Waals surface area contributed by atoms with Crippen LogP contribution in [0.15, 0.2) is 18.2 Å². The van der Waals surface area contributed by atoms with Crippen molar-refractivity contribution >= 4 is 18.3 Å². The van der Waals surface area contributed by atoms with Crippen molar-refractivity contribution in [2.75, 3.05) is 20.2 Å². The molecule has 114 valence electrons. The Balaban J connectivity index is 0.00000361. The third-order valence-corrected chi connectivity index (χ3v) is 3.17. The summed E-state index contributed by atoms with van der Waals surface area (Å²) in [5, 5.41) is 5.93. The maximum Gasteiger partial charge on any atom is 0.223 e. The van der Waals surface area contributed by atoms with Crippen molar-refractivity contribution in [1.29, 1.82) is 0 Å². The van der Waals surface area contributed by atoms with E-state index in [0.717, 1.165) is 5.75 Å². The van der Waals surface area contributed by atoms with Gasteiger partial charge in [0.25, 0.3) is 0 Å². The van der Waals surface area contributed by atoms with E-state index in [-0.39, 0.29) is 24.4 Å². The van der Waals surface area contributed by atoms with Crippen molar-refractivity contribution in [3.05, 3.63) is 29.3 Å². The Hall–Kier alpha value is -1.26. The van der Waals surface area contributed by atoms with E-state index in [9.17, 15) is 4.79 Å². The molecule has 1 unspecified atom stereocenters. The molecular weight excluding hydrogens is 276 g/mol. The number of likely N-dealkylation sites (N-methyl/N-ethyl adjacent to an activating group) is 1. The standard InChI is InChI=1S/C15H24N2O2.ClH/c1-11-5-6-14(9-12(11)2)19-8-7-15(18)17-10-13(3)16-4;/h5-6,9,13,16H,7-8,10H2,1-4H3,(H,17,18);1H. The van der Waals surface area contributed by atoms with E-state index in [0.29, 0.717) is 19.6 Å². The molecule has 1 atom stereocenters. The maximum absolute atomic E-state index is 11.6. The molecule has 0 aromatic heterocycles. The highest BCUT2D eigenvalue weighted by molar-refractivity contribution is 5.85. The predicted octanol–water partition coefficient (Wildman–Crippen LogP) is 2.22. The van der Waals surface area contributed by atoms with Gasteiger partial charge < -0.3 is 15.4 Å². The zero-order valence-electron chi connectivity index (χ0n) is 12.7. The monoisotopic (exact) mass is 300 g/mol. The summed E-state index contributed by atoms with van der Waals surface area (Å²) < 4.78 is 5.57. The fourth-order valence-corrected chi connectivity index (χ4v) is 1.52. The number of nitrogens with one attached hydrogen (secondary N) is 2. The van der Waals surface area contributed by atoms with Gasteiger partial charge in [-0.05, 0) is 51.1 Å². The second-order valence-corrected chi connectivity index (χ2v) is 4.84. The summed E-state index contributed by atoms with van der Waals surface area (Å²) in [6.45, 7) is 7.18. The summed E-state index contributed by atoms with van der Waals surface area (Å²) in [6, 6.07) is 6.24. The lowest BCUT2D eigenvalue weighted by atomic mass is 10.1. The lowest BCUT2D eigenvalue weighted by molar-refractivity contribution is -0.121. The van der Waals surface area contributed by atoms with E-state index in [1.807, 2.05) is 39.1 Å². The fraction of sp³-hybridized carbons (Fsp3) is 0.533. The molecule has 0 saturated heterocycles. The minimum atomic E-state index is 0. The quantitative estimate of drug-likeness (QED) is 0.812. The van der Waals surface area contributed by atoms with Gasteiger partial charge in [0, 0.05) is 12.6 Å². The van der Waals surface area contributed by atoms with Crippen LogP contribution >= 0.6 is 12.4 Å². The number of aryl methyl sites for hydroxylation is 2. The van der Waals surface area contributed by atoms with Crippen molar-refractivity contribution in [1.82, 2.24) is 10.6 Å². The highest BCUT2D eigenvalue weighted by Crippen LogP contribution is 2.16. The first kappa shape index (κ1) is 18.7. The number of rotatable bonds is 7. The van der Waals surface area contributed by atoms with Gasteiger partial charge in [-0.1, -0.05) is 6.07 Å². The molecule has 2 N–H and O–H groups in total. The normalized spacial score (nSPS) is 11.4. The second-order valence-electron chi connectivity index (χ2n) is 4.84. The number of carbonyl (C=O) groups excluding carboxylic acids is 1. The molecule has 0 aliphatic heterocycles. The number of ether oxygens (including phenoxy) is 1. The molecule has 20 heavy (non-hydrogen) atoms. The van der Waals surface area contributed by atoms with Gasteiger partial charge in [0.2, 0.25) is 5.91 Å². The van der Waals surface area contributed by atoms with Crippen LogP contribution < -0.4 is 15.4 Å². The molecule has 0 bridgehead atoms. The SMILES string of the molecule is CNC(C)CNC(=O)CCOc1ccc(C)c(C)c1.Cl. The first-order valence-corrected chi connectivity index (χ1v) is 6.67. The van der Waals surface area contributed by atoms with Crippen molar-refractivity contribution in [2.45, 2.75) is 33.2 Å². The van der Waals surface area contributed by atoms with Crippen molar-refractivity contribution in [3.8, 4) is 5.75 Å². The highest BCUT2D eigenvalue weighted by atomic mass is 35.5. The molecule has 0 aliphatic rings. The molecule has 0 fully saturated rings. The number of carbonyl (C=O) groups is 1. The van der Waals surface area contributed by atoms with Gasteiger partial charge in [-0.3, -0.25) is 4.79 Å². The molecule has 5 heteroatoms. The van der Waals surface area contributed by atoms with Crippen LogP contribution in [-0.2, 0) is 4.79 Å².